The molecule has 0 saturated carbocycles. The van der Waals surface area contributed by atoms with Gasteiger partial charge in [0.15, 0.2) is 0 Å². The quantitative estimate of drug-likeness (QED) is 0.909. The van der Waals surface area contributed by atoms with Crippen molar-refractivity contribution in [3.05, 3.63) is 65.0 Å². The molecule has 5 heteroatoms. The van der Waals surface area contributed by atoms with Crippen molar-refractivity contribution in [2.45, 2.75) is 19.9 Å². The second kappa shape index (κ2) is 8.23. The fraction of sp³-hybridized carbons (Fsp3) is 0.400. The predicted molar refractivity (Wildman–Crippen MR) is 97.6 cm³/mol. The average Bonchev–Trinajstić information content (AvgIpc) is 2.66. The molecule has 0 aliphatic carbocycles. The third kappa shape index (κ3) is 4.24. The zero-order valence-electron chi connectivity index (χ0n) is 14.9. The fourth-order valence-corrected chi connectivity index (χ4v) is 3.21. The highest BCUT2D eigenvalue weighted by Gasteiger charge is 2.23. The number of ether oxygens (including phenoxy) is 1. The van der Waals surface area contributed by atoms with E-state index in [4.69, 9.17) is 4.74 Å². The number of nitrogens with one attached hydrogen (secondary N) is 1. The number of benzene rings is 1. The van der Waals surface area contributed by atoms with Gasteiger partial charge in [-0.3, -0.25) is 14.7 Å². The van der Waals surface area contributed by atoms with Gasteiger partial charge in [0.2, 0.25) is 0 Å². The lowest BCUT2D eigenvalue weighted by Gasteiger charge is -2.34. The first-order chi connectivity index (χ1) is 12.2. The molecule has 1 aromatic heterocycles. The number of pyridine rings is 1. The molecule has 5 nitrogen and oxygen atoms in total. The standard InChI is InChI=1S/C20H25N3O2/c1-15-4-3-5-18(16(15)2)20(24)22-14-19(17-6-8-21-9-7-17)23-10-12-25-13-11-23/h3-9,19H,10-14H2,1-2H3,(H,22,24). The van der Waals surface area contributed by atoms with Gasteiger partial charge in [0, 0.05) is 37.6 Å². The first kappa shape index (κ1) is 17.6. The van der Waals surface area contributed by atoms with Crippen molar-refractivity contribution >= 4 is 5.91 Å². The zero-order chi connectivity index (χ0) is 17.6. The second-order valence-electron chi connectivity index (χ2n) is 6.40. The summed E-state index contributed by atoms with van der Waals surface area (Å²) in [6, 6.07) is 10.0. The fourth-order valence-electron chi connectivity index (χ4n) is 3.21. The number of carbonyl (C=O) groups excluding carboxylic acids is 1. The van der Waals surface area contributed by atoms with Crippen LogP contribution in [0.15, 0.2) is 42.7 Å². The van der Waals surface area contributed by atoms with Crippen LogP contribution >= 0.6 is 0 Å². The van der Waals surface area contributed by atoms with Gasteiger partial charge in [-0.25, -0.2) is 0 Å². The summed E-state index contributed by atoms with van der Waals surface area (Å²) < 4.78 is 5.47. The number of nitrogens with zero attached hydrogens (tertiary/aromatic N) is 2. The summed E-state index contributed by atoms with van der Waals surface area (Å²) in [5.74, 6) is -0.0199. The number of hydrogen-bond donors (Lipinski definition) is 1. The summed E-state index contributed by atoms with van der Waals surface area (Å²) in [6.07, 6.45) is 3.60. The van der Waals surface area contributed by atoms with E-state index in [0.717, 1.165) is 48.6 Å². The van der Waals surface area contributed by atoms with E-state index in [1.165, 1.54) is 0 Å². The molecule has 2 aromatic rings. The molecule has 1 fully saturated rings. The normalized spacial score (nSPS) is 16.4. The Bertz CT molecular complexity index is 712. The molecule has 0 spiro atoms. The molecule has 3 rings (SSSR count). The highest BCUT2D eigenvalue weighted by Crippen LogP contribution is 2.21. The molecule has 1 atom stereocenters. The Morgan fingerprint density at radius 1 is 1.20 bits per heavy atom. The summed E-state index contributed by atoms with van der Waals surface area (Å²) in [6.45, 7) is 7.78. The summed E-state index contributed by atoms with van der Waals surface area (Å²) in [5.41, 5.74) is 4.08. The maximum Gasteiger partial charge on any atom is 0.251 e. The Labute approximate surface area is 149 Å². The van der Waals surface area contributed by atoms with Gasteiger partial charge in [0.05, 0.1) is 19.3 Å². The van der Waals surface area contributed by atoms with E-state index in [2.05, 4.69) is 15.2 Å². The van der Waals surface area contributed by atoms with Crippen LogP contribution in [0.5, 0.6) is 0 Å². The van der Waals surface area contributed by atoms with Gasteiger partial charge in [0.1, 0.15) is 0 Å². The third-order valence-electron chi connectivity index (χ3n) is 4.88. The zero-order valence-corrected chi connectivity index (χ0v) is 14.9. The lowest BCUT2D eigenvalue weighted by molar-refractivity contribution is 0.0162. The molecule has 1 saturated heterocycles. The van der Waals surface area contributed by atoms with Crippen LogP contribution in [0, 0.1) is 13.8 Å². The van der Waals surface area contributed by atoms with Gasteiger partial charge in [-0.2, -0.15) is 0 Å². The topological polar surface area (TPSA) is 54.5 Å². The average molecular weight is 339 g/mol. The van der Waals surface area contributed by atoms with E-state index in [1.807, 2.05) is 44.2 Å². The van der Waals surface area contributed by atoms with Crippen LogP contribution in [-0.4, -0.2) is 48.6 Å². The van der Waals surface area contributed by atoms with Gasteiger partial charge in [-0.1, -0.05) is 12.1 Å². The van der Waals surface area contributed by atoms with E-state index in [1.54, 1.807) is 12.4 Å². The SMILES string of the molecule is Cc1cccc(C(=O)NCC(c2ccncc2)N2CCOCC2)c1C. The van der Waals surface area contributed by atoms with Crippen molar-refractivity contribution in [1.29, 1.82) is 0 Å². The van der Waals surface area contributed by atoms with Gasteiger partial charge in [0.25, 0.3) is 5.91 Å². The largest absolute Gasteiger partial charge is 0.379 e. The van der Waals surface area contributed by atoms with Gasteiger partial charge in [-0.05, 0) is 48.7 Å². The Kier molecular flexibility index (Phi) is 5.79. The van der Waals surface area contributed by atoms with Crippen molar-refractivity contribution in [2.24, 2.45) is 0 Å². The number of hydrogen-bond acceptors (Lipinski definition) is 4. The van der Waals surface area contributed by atoms with Crippen LogP contribution in [-0.2, 0) is 4.74 Å². The van der Waals surface area contributed by atoms with Crippen molar-refractivity contribution < 1.29 is 9.53 Å². The third-order valence-corrected chi connectivity index (χ3v) is 4.88. The molecule has 1 N–H and O–H groups in total. The Balaban J connectivity index is 1.74. The van der Waals surface area contributed by atoms with E-state index in [9.17, 15) is 4.79 Å². The van der Waals surface area contributed by atoms with Crippen LogP contribution in [0.3, 0.4) is 0 Å². The molecule has 0 bridgehead atoms. The van der Waals surface area contributed by atoms with E-state index in [-0.39, 0.29) is 11.9 Å². The number of aromatic nitrogens is 1. The van der Waals surface area contributed by atoms with Crippen LogP contribution in [0.4, 0.5) is 0 Å². The molecular weight excluding hydrogens is 314 g/mol. The lowest BCUT2D eigenvalue weighted by Crippen LogP contribution is -2.43. The minimum Gasteiger partial charge on any atom is -0.379 e. The Morgan fingerprint density at radius 2 is 1.92 bits per heavy atom. The molecule has 1 aliphatic heterocycles. The number of amides is 1. The maximum absolute atomic E-state index is 12.7. The predicted octanol–water partition coefficient (Wildman–Crippen LogP) is 2.50. The molecule has 1 unspecified atom stereocenters. The second-order valence-corrected chi connectivity index (χ2v) is 6.40. The van der Waals surface area contributed by atoms with Crippen molar-refractivity contribution in [1.82, 2.24) is 15.2 Å². The van der Waals surface area contributed by atoms with Crippen molar-refractivity contribution in [3.63, 3.8) is 0 Å². The summed E-state index contributed by atoms with van der Waals surface area (Å²) in [7, 11) is 0. The first-order valence-electron chi connectivity index (χ1n) is 8.73. The summed E-state index contributed by atoms with van der Waals surface area (Å²) in [4.78, 5) is 19.1. The minimum atomic E-state index is -0.0199. The summed E-state index contributed by atoms with van der Waals surface area (Å²) in [5, 5.41) is 3.12. The van der Waals surface area contributed by atoms with Gasteiger partial charge < -0.3 is 10.1 Å². The minimum absolute atomic E-state index is 0.0199. The van der Waals surface area contributed by atoms with E-state index >= 15 is 0 Å². The first-order valence-corrected chi connectivity index (χ1v) is 8.73. The molecule has 2 heterocycles. The van der Waals surface area contributed by atoms with E-state index < -0.39 is 0 Å². The van der Waals surface area contributed by atoms with Crippen LogP contribution in [0.25, 0.3) is 0 Å². The number of aryl methyl sites for hydroxylation is 1. The highest BCUT2D eigenvalue weighted by atomic mass is 16.5. The maximum atomic E-state index is 12.7. The lowest BCUT2D eigenvalue weighted by atomic mass is 10.0. The molecule has 1 aromatic carbocycles. The highest BCUT2D eigenvalue weighted by molar-refractivity contribution is 5.95. The summed E-state index contributed by atoms with van der Waals surface area (Å²) >= 11 is 0. The molecule has 1 aliphatic rings. The van der Waals surface area contributed by atoms with Gasteiger partial charge in [-0.15, -0.1) is 0 Å². The van der Waals surface area contributed by atoms with Crippen LogP contribution in [0.2, 0.25) is 0 Å². The van der Waals surface area contributed by atoms with E-state index in [0.29, 0.717) is 6.54 Å². The smallest absolute Gasteiger partial charge is 0.251 e. The Morgan fingerprint density at radius 3 is 2.64 bits per heavy atom. The van der Waals surface area contributed by atoms with Crippen LogP contribution in [0.1, 0.15) is 33.1 Å². The van der Waals surface area contributed by atoms with Crippen LogP contribution < -0.4 is 5.32 Å². The monoisotopic (exact) mass is 339 g/mol. The molecule has 0 radical (unpaired) electrons. The van der Waals surface area contributed by atoms with Crippen molar-refractivity contribution in [3.8, 4) is 0 Å². The Hall–Kier alpha value is -2.24. The molecule has 1 amide bonds. The van der Waals surface area contributed by atoms with Gasteiger partial charge >= 0.3 is 0 Å². The number of carbonyl (C=O) groups is 1. The van der Waals surface area contributed by atoms with Crippen molar-refractivity contribution in [2.75, 3.05) is 32.8 Å². The molecule has 25 heavy (non-hydrogen) atoms. The molecule has 132 valence electrons. The number of rotatable bonds is 5. The number of morpholine rings is 1. The molecular formula is C20H25N3O2.